The molecule has 4 atom stereocenters. The van der Waals surface area contributed by atoms with Gasteiger partial charge < -0.3 is 36.1 Å². The highest BCUT2D eigenvalue weighted by molar-refractivity contribution is 6.03. The van der Waals surface area contributed by atoms with E-state index in [0.717, 1.165) is 5.56 Å². The summed E-state index contributed by atoms with van der Waals surface area (Å²) in [7, 11) is 3.28. The predicted octanol–water partition coefficient (Wildman–Crippen LogP) is 0.927. The zero-order chi connectivity index (χ0) is 36.4. The molecule has 1 aliphatic heterocycles. The third-order valence-corrected chi connectivity index (χ3v) is 8.50. The number of carbonyl (C=O) groups excluding carboxylic acids is 6. The first kappa shape index (κ1) is 37.3. The summed E-state index contributed by atoms with van der Waals surface area (Å²) in [6.07, 6.45) is 3.97. The van der Waals surface area contributed by atoms with Gasteiger partial charge in [0.15, 0.2) is 0 Å². The van der Waals surface area contributed by atoms with Gasteiger partial charge in [0.25, 0.3) is 5.91 Å². The van der Waals surface area contributed by atoms with Crippen LogP contribution in [0.5, 0.6) is 0 Å². The average Bonchev–Trinajstić information content (AvgIpc) is 3.52. The molecule has 14 heteroatoms. The number of imidazole rings is 1. The number of likely N-dealkylation sites (N-methyl/N-ethyl adjacent to an activating group) is 1. The average molecular weight is 687 g/mol. The minimum Gasteiger partial charge on any atom is -0.355 e. The molecule has 5 N–H and O–H groups in total. The molecule has 0 aliphatic carbocycles. The molecule has 50 heavy (non-hydrogen) atoms. The molecule has 1 saturated heterocycles. The lowest BCUT2D eigenvalue weighted by atomic mass is 10.0. The van der Waals surface area contributed by atoms with Crippen molar-refractivity contribution in [3.8, 4) is 11.4 Å². The van der Waals surface area contributed by atoms with Crippen molar-refractivity contribution in [1.82, 2.24) is 41.0 Å². The van der Waals surface area contributed by atoms with E-state index in [1.165, 1.54) is 18.9 Å². The second-order valence-corrected chi connectivity index (χ2v) is 12.8. The zero-order valence-electron chi connectivity index (χ0n) is 29.1. The molecule has 266 valence electrons. The predicted molar refractivity (Wildman–Crippen MR) is 186 cm³/mol. The van der Waals surface area contributed by atoms with Crippen LogP contribution in [0, 0.1) is 5.92 Å². The fraction of sp³-hybridized carbons (Fsp3) is 0.417. The molecule has 1 fully saturated rings. The molecular weight excluding hydrogens is 640 g/mol. The van der Waals surface area contributed by atoms with Crippen LogP contribution in [-0.2, 0) is 37.4 Å². The van der Waals surface area contributed by atoms with Crippen molar-refractivity contribution < 1.29 is 28.8 Å². The highest BCUT2D eigenvalue weighted by Gasteiger charge is 2.33. The largest absolute Gasteiger partial charge is 0.355 e. The Balaban J connectivity index is 1.58. The normalized spacial score (nSPS) is 21.7. The Labute approximate surface area is 291 Å². The smallest absolute Gasteiger partial charge is 0.252 e. The van der Waals surface area contributed by atoms with Crippen molar-refractivity contribution in [2.75, 3.05) is 20.1 Å². The van der Waals surface area contributed by atoms with E-state index in [1.54, 1.807) is 55.1 Å². The molecule has 0 saturated carbocycles. The fourth-order valence-electron chi connectivity index (χ4n) is 5.66. The monoisotopic (exact) mass is 686 g/mol. The summed E-state index contributed by atoms with van der Waals surface area (Å²) < 4.78 is 1.78. The van der Waals surface area contributed by atoms with Crippen molar-refractivity contribution in [3.63, 3.8) is 0 Å². The van der Waals surface area contributed by atoms with E-state index in [2.05, 4.69) is 31.6 Å². The number of carbonyl (C=O) groups is 6. The summed E-state index contributed by atoms with van der Waals surface area (Å²) in [5.41, 5.74) is 1.67. The summed E-state index contributed by atoms with van der Waals surface area (Å²) in [5.74, 6) is -3.05. The van der Waals surface area contributed by atoms with Crippen molar-refractivity contribution in [2.45, 2.75) is 64.2 Å². The number of hydrogen-bond donors (Lipinski definition) is 5. The molecule has 1 aliphatic rings. The molecule has 4 rings (SSSR count). The lowest BCUT2D eigenvalue weighted by Crippen LogP contribution is -2.59. The number of rotatable bonds is 6. The molecule has 3 aromatic rings. The highest BCUT2D eigenvalue weighted by atomic mass is 16.2. The Morgan fingerprint density at radius 2 is 1.62 bits per heavy atom. The molecule has 0 bridgehead atoms. The van der Waals surface area contributed by atoms with Crippen LogP contribution < -0.4 is 26.6 Å². The Bertz CT molecular complexity index is 1690. The van der Waals surface area contributed by atoms with Crippen molar-refractivity contribution in [2.24, 2.45) is 13.0 Å². The quantitative estimate of drug-likeness (QED) is 0.256. The maximum absolute atomic E-state index is 13.8. The van der Waals surface area contributed by atoms with Crippen LogP contribution in [0.15, 0.2) is 67.0 Å². The number of nitrogens with zero attached hydrogens (tertiary/aromatic N) is 3. The van der Waals surface area contributed by atoms with Crippen LogP contribution in [0.4, 0.5) is 0 Å². The summed E-state index contributed by atoms with van der Waals surface area (Å²) >= 11 is 0. The third-order valence-electron chi connectivity index (χ3n) is 8.50. The van der Waals surface area contributed by atoms with E-state index in [4.69, 9.17) is 0 Å². The van der Waals surface area contributed by atoms with E-state index in [-0.39, 0.29) is 31.8 Å². The van der Waals surface area contributed by atoms with Gasteiger partial charge in [0.1, 0.15) is 30.0 Å². The van der Waals surface area contributed by atoms with Gasteiger partial charge in [-0.25, -0.2) is 4.98 Å². The number of nitrogens with one attached hydrogen (secondary N) is 5. The molecule has 2 aromatic carbocycles. The number of amides is 6. The van der Waals surface area contributed by atoms with Gasteiger partial charge in [0.2, 0.25) is 29.5 Å². The van der Waals surface area contributed by atoms with Crippen LogP contribution in [-0.4, -0.2) is 94.2 Å². The highest BCUT2D eigenvalue weighted by Crippen LogP contribution is 2.22. The molecule has 14 nitrogen and oxygen atoms in total. The third kappa shape index (κ3) is 9.77. The van der Waals surface area contributed by atoms with Gasteiger partial charge in [-0.1, -0.05) is 62.4 Å². The second-order valence-electron chi connectivity index (χ2n) is 12.8. The minimum atomic E-state index is -1.08. The van der Waals surface area contributed by atoms with E-state index in [9.17, 15) is 28.8 Å². The summed E-state index contributed by atoms with van der Waals surface area (Å²) in [6, 6.07) is 11.8. The molecule has 2 heterocycles. The molecule has 0 spiro atoms. The van der Waals surface area contributed by atoms with E-state index in [1.807, 2.05) is 37.4 Å². The first-order valence-corrected chi connectivity index (χ1v) is 16.7. The van der Waals surface area contributed by atoms with Gasteiger partial charge >= 0.3 is 0 Å². The lowest BCUT2D eigenvalue weighted by Gasteiger charge is -2.28. The van der Waals surface area contributed by atoms with Crippen LogP contribution in [0.2, 0.25) is 0 Å². The van der Waals surface area contributed by atoms with Gasteiger partial charge in [-0.2, -0.15) is 0 Å². The summed E-state index contributed by atoms with van der Waals surface area (Å²) in [4.78, 5) is 86.3. The Hall–Kier alpha value is -5.53. The van der Waals surface area contributed by atoms with E-state index >= 15 is 0 Å². The molecule has 6 amide bonds. The number of aromatic nitrogens is 2. The maximum Gasteiger partial charge on any atom is 0.252 e. The van der Waals surface area contributed by atoms with Crippen LogP contribution in [0.3, 0.4) is 0 Å². The first-order valence-electron chi connectivity index (χ1n) is 16.7. The Kier molecular flexibility index (Phi) is 12.8. The second kappa shape index (κ2) is 17.2. The van der Waals surface area contributed by atoms with E-state index < -0.39 is 59.6 Å². The number of aryl methyl sites for hydroxylation is 1. The van der Waals surface area contributed by atoms with Crippen molar-refractivity contribution in [1.29, 1.82) is 0 Å². The lowest BCUT2D eigenvalue weighted by molar-refractivity contribution is -0.139. The van der Waals surface area contributed by atoms with Gasteiger partial charge in [-0.3, -0.25) is 28.8 Å². The molecule has 0 radical (unpaired) electrons. The first-order chi connectivity index (χ1) is 23.8. The van der Waals surface area contributed by atoms with E-state index in [0.29, 0.717) is 23.4 Å². The van der Waals surface area contributed by atoms with Gasteiger partial charge in [0.05, 0.1) is 12.1 Å². The zero-order valence-corrected chi connectivity index (χ0v) is 29.1. The Morgan fingerprint density at radius 3 is 2.30 bits per heavy atom. The van der Waals surface area contributed by atoms with Gasteiger partial charge in [-0.15, -0.1) is 0 Å². The summed E-state index contributed by atoms with van der Waals surface area (Å²) in [5, 5.41) is 13.7. The SMILES string of the molecule is CC(C)[C@H]1NC(=O)[C@@H](NC(=O)c2ccccc2-c2nccn2C)CCCNC(=O)CN(C)C(=O)[C@H](Cc2ccccc2)NC(=O)[C@@H](C)NC1=O. The molecule has 0 unspecified atom stereocenters. The topological polar surface area (TPSA) is 184 Å². The minimum absolute atomic E-state index is 0.127. The standard InChI is InChI=1S/C36H46N8O6/c1-22(2)30-35(49)39-23(3)32(46)41-28(20-24-12-7-6-8-13-24)36(50)44(5)21-29(45)37-17-11-16-27(34(48)42-30)40-33(47)26-15-10-9-14-25(26)31-38-18-19-43(31)4/h6-10,12-15,18-19,22-23,27-28,30H,11,16-17,20-21H2,1-5H3,(H,37,45)(H,39,49)(H,40,47)(H,41,46)(H,42,48)/t23-,27+,28+,30-/m1/s1. The summed E-state index contributed by atoms with van der Waals surface area (Å²) in [6.45, 7) is 4.86. The number of hydrogen-bond acceptors (Lipinski definition) is 7. The molecular formula is C36H46N8O6. The fourth-order valence-corrected chi connectivity index (χ4v) is 5.66. The Morgan fingerprint density at radius 1 is 0.920 bits per heavy atom. The molecule has 1 aromatic heterocycles. The van der Waals surface area contributed by atoms with Gasteiger partial charge in [0, 0.05) is 45.0 Å². The van der Waals surface area contributed by atoms with Crippen molar-refractivity contribution >= 4 is 35.4 Å². The van der Waals surface area contributed by atoms with Crippen LogP contribution in [0.25, 0.3) is 11.4 Å². The number of benzene rings is 2. The van der Waals surface area contributed by atoms with Crippen LogP contribution in [0.1, 0.15) is 49.5 Å². The van der Waals surface area contributed by atoms with Crippen LogP contribution >= 0.6 is 0 Å². The maximum atomic E-state index is 13.8. The van der Waals surface area contributed by atoms with Gasteiger partial charge in [-0.05, 0) is 37.3 Å². The van der Waals surface area contributed by atoms with Crippen molar-refractivity contribution in [3.05, 3.63) is 78.1 Å².